The summed E-state index contributed by atoms with van der Waals surface area (Å²) in [6, 6.07) is 7.15. The first-order valence-corrected chi connectivity index (χ1v) is 6.40. The van der Waals surface area contributed by atoms with Crippen molar-refractivity contribution in [2.24, 2.45) is 5.92 Å². The van der Waals surface area contributed by atoms with Gasteiger partial charge >= 0.3 is 5.97 Å². The SMILES string of the molecule is CCCC(C)CC(C(=O)O)c1cccc(Cl)c1. The minimum Gasteiger partial charge on any atom is -0.481 e. The van der Waals surface area contributed by atoms with E-state index in [-0.39, 0.29) is 0 Å². The van der Waals surface area contributed by atoms with E-state index < -0.39 is 11.9 Å². The van der Waals surface area contributed by atoms with Crippen molar-refractivity contribution in [1.29, 1.82) is 0 Å². The lowest BCUT2D eigenvalue weighted by molar-refractivity contribution is -0.139. The first-order valence-electron chi connectivity index (χ1n) is 6.02. The van der Waals surface area contributed by atoms with Gasteiger partial charge in [0.2, 0.25) is 0 Å². The normalized spacial score (nSPS) is 14.3. The molecule has 0 aromatic heterocycles. The van der Waals surface area contributed by atoms with Crippen LogP contribution in [-0.2, 0) is 4.79 Å². The molecule has 0 fully saturated rings. The molecule has 3 heteroatoms. The lowest BCUT2D eigenvalue weighted by Gasteiger charge is -2.17. The van der Waals surface area contributed by atoms with E-state index in [9.17, 15) is 9.90 Å². The van der Waals surface area contributed by atoms with Crippen LogP contribution in [0.1, 0.15) is 44.6 Å². The minimum absolute atomic E-state index is 0.417. The van der Waals surface area contributed by atoms with E-state index in [0.29, 0.717) is 17.4 Å². The molecule has 1 aromatic carbocycles. The van der Waals surface area contributed by atoms with E-state index in [2.05, 4.69) is 13.8 Å². The molecule has 94 valence electrons. The molecule has 17 heavy (non-hydrogen) atoms. The summed E-state index contributed by atoms with van der Waals surface area (Å²) >= 11 is 5.90. The van der Waals surface area contributed by atoms with Crippen molar-refractivity contribution in [2.75, 3.05) is 0 Å². The second-order valence-corrected chi connectivity index (χ2v) is 5.01. The molecule has 1 aromatic rings. The van der Waals surface area contributed by atoms with Gasteiger partial charge in [0.25, 0.3) is 0 Å². The Hall–Kier alpha value is -1.02. The third-order valence-corrected chi connectivity index (χ3v) is 3.20. The summed E-state index contributed by atoms with van der Waals surface area (Å²) in [6.45, 7) is 4.22. The van der Waals surface area contributed by atoms with Gasteiger partial charge in [-0.25, -0.2) is 0 Å². The lowest BCUT2D eigenvalue weighted by atomic mass is 9.88. The topological polar surface area (TPSA) is 37.3 Å². The third-order valence-electron chi connectivity index (χ3n) is 2.97. The molecular formula is C14H19ClO2. The third kappa shape index (κ3) is 4.39. The molecule has 0 aliphatic rings. The van der Waals surface area contributed by atoms with Crippen molar-refractivity contribution < 1.29 is 9.90 Å². The van der Waals surface area contributed by atoms with Gasteiger partial charge in [-0.15, -0.1) is 0 Å². The second kappa shape index (κ2) is 6.65. The molecule has 0 heterocycles. The van der Waals surface area contributed by atoms with Crippen molar-refractivity contribution in [3.05, 3.63) is 34.9 Å². The van der Waals surface area contributed by atoms with Crippen LogP contribution in [0.2, 0.25) is 5.02 Å². The summed E-state index contributed by atoms with van der Waals surface area (Å²) in [5, 5.41) is 9.89. The lowest BCUT2D eigenvalue weighted by Crippen LogP contribution is -2.15. The fourth-order valence-electron chi connectivity index (χ4n) is 2.12. The molecular weight excluding hydrogens is 236 g/mol. The van der Waals surface area contributed by atoms with Crippen LogP contribution in [0, 0.1) is 5.92 Å². The van der Waals surface area contributed by atoms with Crippen LogP contribution in [-0.4, -0.2) is 11.1 Å². The zero-order valence-electron chi connectivity index (χ0n) is 10.3. The monoisotopic (exact) mass is 254 g/mol. The number of hydrogen-bond donors (Lipinski definition) is 1. The summed E-state index contributed by atoms with van der Waals surface area (Å²) in [7, 11) is 0. The number of aliphatic carboxylic acids is 1. The van der Waals surface area contributed by atoms with E-state index in [0.717, 1.165) is 18.4 Å². The van der Waals surface area contributed by atoms with Gasteiger partial charge in [0.15, 0.2) is 0 Å². The maximum absolute atomic E-state index is 11.3. The number of carboxylic acids is 1. The van der Waals surface area contributed by atoms with E-state index in [4.69, 9.17) is 11.6 Å². The molecule has 0 aliphatic heterocycles. The van der Waals surface area contributed by atoms with Crippen LogP contribution in [0.25, 0.3) is 0 Å². The number of carbonyl (C=O) groups is 1. The molecule has 1 rings (SSSR count). The molecule has 0 bridgehead atoms. The zero-order valence-corrected chi connectivity index (χ0v) is 11.1. The fraction of sp³-hybridized carbons (Fsp3) is 0.500. The van der Waals surface area contributed by atoms with Gasteiger partial charge in [0.1, 0.15) is 0 Å². The Labute approximate surface area is 108 Å². The summed E-state index contributed by atoms with van der Waals surface area (Å²) in [6.07, 6.45) is 2.82. The standard InChI is InChI=1S/C14H19ClO2/c1-3-5-10(2)8-13(14(16)17)11-6-4-7-12(15)9-11/h4,6-7,9-10,13H,3,5,8H2,1-2H3,(H,16,17). The highest BCUT2D eigenvalue weighted by atomic mass is 35.5. The van der Waals surface area contributed by atoms with Crippen LogP contribution >= 0.6 is 11.6 Å². The molecule has 2 atom stereocenters. The Balaban J connectivity index is 2.82. The van der Waals surface area contributed by atoms with Crippen molar-refractivity contribution in [2.45, 2.75) is 39.0 Å². The molecule has 0 amide bonds. The smallest absolute Gasteiger partial charge is 0.310 e. The number of halogens is 1. The molecule has 0 saturated carbocycles. The minimum atomic E-state index is -0.768. The quantitative estimate of drug-likeness (QED) is 0.820. The average molecular weight is 255 g/mol. The molecule has 0 spiro atoms. The van der Waals surface area contributed by atoms with Gasteiger partial charge in [-0.1, -0.05) is 50.4 Å². The highest BCUT2D eigenvalue weighted by Gasteiger charge is 2.22. The predicted octanol–water partition coefficient (Wildman–Crippen LogP) is 4.33. The van der Waals surface area contributed by atoms with Gasteiger partial charge in [-0.2, -0.15) is 0 Å². The molecule has 0 aliphatic carbocycles. The van der Waals surface area contributed by atoms with Gasteiger partial charge in [0, 0.05) is 5.02 Å². The van der Waals surface area contributed by atoms with E-state index >= 15 is 0 Å². The highest BCUT2D eigenvalue weighted by Crippen LogP contribution is 2.28. The first-order chi connectivity index (χ1) is 8.04. The van der Waals surface area contributed by atoms with Crippen LogP contribution in [0.4, 0.5) is 0 Å². The molecule has 2 unspecified atom stereocenters. The van der Waals surface area contributed by atoms with Crippen LogP contribution in [0.15, 0.2) is 24.3 Å². The summed E-state index contributed by atoms with van der Waals surface area (Å²) in [5.41, 5.74) is 0.799. The first kappa shape index (κ1) is 14.0. The van der Waals surface area contributed by atoms with Crippen molar-refractivity contribution in [1.82, 2.24) is 0 Å². The van der Waals surface area contributed by atoms with Crippen molar-refractivity contribution in [3.8, 4) is 0 Å². The van der Waals surface area contributed by atoms with Gasteiger partial charge < -0.3 is 5.11 Å². The van der Waals surface area contributed by atoms with Gasteiger partial charge in [-0.05, 0) is 30.0 Å². The van der Waals surface area contributed by atoms with Gasteiger partial charge in [0.05, 0.1) is 5.92 Å². The largest absolute Gasteiger partial charge is 0.481 e. The number of benzene rings is 1. The Morgan fingerprint density at radius 1 is 1.47 bits per heavy atom. The van der Waals surface area contributed by atoms with Crippen molar-refractivity contribution >= 4 is 17.6 Å². The fourth-order valence-corrected chi connectivity index (χ4v) is 2.31. The molecule has 0 radical (unpaired) electrons. The molecule has 2 nitrogen and oxygen atoms in total. The predicted molar refractivity (Wildman–Crippen MR) is 70.5 cm³/mol. The van der Waals surface area contributed by atoms with Crippen LogP contribution < -0.4 is 0 Å². The number of hydrogen-bond acceptors (Lipinski definition) is 1. The van der Waals surface area contributed by atoms with E-state index in [1.807, 2.05) is 6.07 Å². The maximum Gasteiger partial charge on any atom is 0.310 e. The second-order valence-electron chi connectivity index (χ2n) is 4.58. The zero-order chi connectivity index (χ0) is 12.8. The summed E-state index contributed by atoms with van der Waals surface area (Å²) in [4.78, 5) is 11.3. The van der Waals surface area contributed by atoms with Crippen LogP contribution in [0.3, 0.4) is 0 Å². The Morgan fingerprint density at radius 2 is 2.18 bits per heavy atom. The van der Waals surface area contributed by atoms with Gasteiger partial charge in [-0.3, -0.25) is 4.79 Å². The Kier molecular flexibility index (Phi) is 5.49. The average Bonchev–Trinajstić information content (AvgIpc) is 2.26. The van der Waals surface area contributed by atoms with E-state index in [1.54, 1.807) is 18.2 Å². The maximum atomic E-state index is 11.3. The molecule has 0 saturated heterocycles. The summed E-state index contributed by atoms with van der Waals surface area (Å²) < 4.78 is 0. The number of carboxylic acid groups (broad SMARTS) is 1. The number of rotatable bonds is 6. The van der Waals surface area contributed by atoms with Crippen molar-refractivity contribution in [3.63, 3.8) is 0 Å². The van der Waals surface area contributed by atoms with Crippen LogP contribution in [0.5, 0.6) is 0 Å². The Bertz CT molecular complexity index is 376. The summed E-state index contributed by atoms with van der Waals surface area (Å²) in [5.74, 6) is -0.800. The molecule has 1 N–H and O–H groups in total. The van der Waals surface area contributed by atoms with E-state index in [1.165, 1.54) is 0 Å². The highest BCUT2D eigenvalue weighted by molar-refractivity contribution is 6.30. The Morgan fingerprint density at radius 3 is 2.71 bits per heavy atom.